The maximum atomic E-state index is 5.49. The van der Waals surface area contributed by atoms with E-state index < -0.39 is 0 Å². The predicted molar refractivity (Wildman–Crippen MR) is 97.2 cm³/mol. The molecule has 6 nitrogen and oxygen atoms in total. The molecule has 2 aromatic rings. The summed E-state index contributed by atoms with van der Waals surface area (Å²) >= 11 is 1.54. The van der Waals surface area contributed by atoms with Gasteiger partial charge in [-0.2, -0.15) is 5.10 Å². The average molecular weight is 346 g/mol. The summed E-state index contributed by atoms with van der Waals surface area (Å²) in [7, 11) is 1.71. The van der Waals surface area contributed by atoms with Crippen molar-refractivity contribution in [3.63, 3.8) is 0 Å². The normalized spacial score (nSPS) is 15.8. The van der Waals surface area contributed by atoms with Crippen molar-refractivity contribution in [2.24, 2.45) is 5.10 Å². The topological polar surface area (TPSA) is 59.0 Å². The molecule has 3 rings (SSSR count). The molecule has 1 fully saturated rings. The van der Waals surface area contributed by atoms with Gasteiger partial charge in [0, 0.05) is 30.6 Å². The molecular formula is C17H22N4O2S. The summed E-state index contributed by atoms with van der Waals surface area (Å²) in [6.07, 6.45) is 1.80. The van der Waals surface area contributed by atoms with Gasteiger partial charge in [-0.15, -0.1) is 11.3 Å². The zero-order valence-electron chi connectivity index (χ0n) is 14.0. The van der Waals surface area contributed by atoms with E-state index >= 15 is 0 Å². The standard InChI is InChI=1S/C17H22N4O2S/c1-13-12-24-17(19-13)20-18-10-14-3-4-16(22-2)15(9-14)11-21-5-7-23-8-6-21/h3-4,9-10,12H,5-8,11H2,1-2H3,(H,19,20). The molecule has 128 valence electrons. The Hall–Kier alpha value is -1.96. The third kappa shape index (κ3) is 4.53. The van der Waals surface area contributed by atoms with Gasteiger partial charge in [0.25, 0.3) is 0 Å². The smallest absolute Gasteiger partial charge is 0.203 e. The van der Waals surface area contributed by atoms with E-state index in [1.165, 1.54) is 0 Å². The lowest BCUT2D eigenvalue weighted by molar-refractivity contribution is 0.0339. The van der Waals surface area contributed by atoms with Gasteiger partial charge in [-0.05, 0) is 30.7 Å². The van der Waals surface area contributed by atoms with Crippen LogP contribution in [0.5, 0.6) is 5.75 Å². The average Bonchev–Trinajstić information content (AvgIpc) is 3.01. The highest BCUT2D eigenvalue weighted by Crippen LogP contribution is 2.22. The molecule has 1 aromatic heterocycles. The number of nitrogens with one attached hydrogen (secondary N) is 1. The van der Waals surface area contributed by atoms with Crippen LogP contribution in [-0.2, 0) is 11.3 Å². The van der Waals surface area contributed by atoms with Gasteiger partial charge < -0.3 is 9.47 Å². The second-order valence-corrected chi connectivity index (χ2v) is 6.48. The van der Waals surface area contributed by atoms with Gasteiger partial charge in [0.15, 0.2) is 0 Å². The number of morpholine rings is 1. The first kappa shape index (κ1) is 16.9. The Bertz CT molecular complexity index is 696. The van der Waals surface area contributed by atoms with Crippen LogP contribution in [0.25, 0.3) is 0 Å². The molecule has 1 N–H and O–H groups in total. The van der Waals surface area contributed by atoms with Gasteiger partial charge in [0.2, 0.25) is 5.13 Å². The molecular weight excluding hydrogens is 324 g/mol. The fraction of sp³-hybridized carbons (Fsp3) is 0.412. The second kappa shape index (κ2) is 8.23. The zero-order valence-corrected chi connectivity index (χ0v) is 14.8. The van der Waals surface area contributed by atoms with Crippen molar-refractivity contribution in [1.82, 2.24) is 9.88 Å². The van der Waals surface area contributed by atoms with Crippen molar-refractivity contribution in [2.75, 3.05) is 38.8 Å². The lowest BCUT2D eigenvalue weighted by atomic mass is 10.1. The van der Waals surface area contributed by atoms with Crippen LogP contribution in [-0.4, -0.2) is 49.5 Å². The van der Waals surface area contributed by atoms with Crippen LogP contribution in [0.3, 0.4) is 0 Å². The summed E-state index contributed by atoms with van der Waals surface area (Å²) in [4.78, 5) is 6.69. The number of hydrazone groups is 1. The van der Waals surface area contributed by atoms with Gasteiger partial charge >= 0.3 is 0 Å². The highest BCUT2D eigenvalue weighted by molar-refractivity contribution is 7.13. The number of benzene rings is 1. The first-order valence-electron chi connectivity index (χ1n) is 7.93. The van der Waals surface area contributed by atoms with Crippen molar-refractivity contribution >= 4 is 22.7 Å². The maximum Gasteiger partial charge on any atom is 0.203 e. The first-order valence-corrected chi connectivity index (χ1v) is 8.81. The zero-order chi connectivity index (χ0) is 16.8. The molecule has 0 amide bonds. The van der Waals surface area contributed by atoms with Crippen molar-refractivity contribution < 1.29 is 9.47 Å². The molecule has 0 saturated carbocycles. The van der Waals surface area contributed by atoms with Gasteiger partial charge in [0.1, 0.15) is 5.75 Å². The van der Waals surface area contributed by atoms with Crippen molar-refractivity contribution in [3.8, 4) is 5.75 Å². The summed E-state index contributed by atoms with van der Waals surface area (Å²) in [5, 5.41) is 7.06. The molecule has 1 aromatic carbocycles. The van der Waals surface area contributed by atoms with Gasteiger partial charge in [0.05, 0.1) is 32.2 Å². The van der Waals surface area contributed by atoms with Crippen LogP contribution in [0.15, 0.2) is 28.7 Å². The Kier molecular flexibility index (Phi) is 5.79. The Morgan fingerprint density at radius 3 is 2.96 bits per heavy atom. The molecule has 7 heteroatoms. The number of nitrogens with zero attached hydrogens (tertiary/aromatic N) is 3. The van der Waals surface area contributed by atoms with E-state index in [1.807, 2.05) is 24.4 Å². The van der Waals surface area contributed by atoms with E-state index in [4.69, 9.17) is 9.47 Å². The fourth-order valence-corrected chi connectivity index (χ4v) is 3.21. The van der Waals surface area contributed by atoms with E-state index in [0.29, 0.717) is 0 Å². The van der Waals surface area contributed by atoms with Gasteiger partial charge in [-0.3, -0.25) is 10.3 Å². The fourth-order valence-electron chi connectivity index (χ4n) is 2.57. The third-order valence-electron chi connectivity index (χ3n) is 3.79. The molecule has 1 saturated heterocycles. The summed E-state index contributed by atoms with van der Waals surface area (Å²) in [6, 6.07) is 6.11. The number of rotatable bonds is 6. The second-order valence-electron chi connectivity index (χ2n) is 5.62. The maximum absolute atomic E-state index is 5.49. The Labute approximate surface area is 146 Å². The third-order valence-corrected chi connectivity index (χ3v) is 4.66. The summed E-state index contributed by atoms with van der Waals surface area (Å²) in [5.41, 5.74) is 6.15. The Morgan fingerprint density at radius 1 is 1.42 bits per heavy atom. The molecule has 0 spiro atoms. The van der Waals surface area contributed by atoms with E-state index in [9.17, 15) is 0 Å². The number of thiazole rings is 1. The number of hydrogen-bond donors (Lipinski definition) is 1. The molecule has 0 atom stereocenters. The number of methoxy groups -OCH3 is 1. The minimum absolute atomic E-state index is 0.792. The van der Waals surface area contributed by atoms with E-state index in [0.717, 1.165) is 60.5 Å². The van der Waals surface area contributed by atoms with E-state index in [2.05, 4.69) is 26.5 Å². The number of aromatic nitrogens is 1. The largest absolute Gasteiger partial charge is 0.496 e. The summed E-state index contributed by atoms with van der Waals surface area (Å²) < 4.78 is 10.9. The SMILES string of the molecule is COc1ccc(C=NNc2nc(C)cs2)cc1CN1CCOCC1. The minimum Gasteiger partial charge on any atom is -0.496 e. The molecule has 0 bridgehead atoms. The number of aryl methyl sites for hydroxylation is 1. The number of hydrogen-bond acceptors (Lipinski definition) is 7. The van der Waals surface area contributed by atoms with Gasteiger partial charge in [-0.25, -0.2) is 4.98 Å². The van der Waals surface area contributed by atoms with E-state index in [1.54, 1.807) is 24.7 Å². The molecule has 2 heterocycles. The lowest BCUT2D eigenvalue weighted by Crippen LogP contribution is -2.35. The van der Waals surface area contributed by atoms with Crippen LogP contribution in [0, 0.1) is 6.92 Å². The molecule has 24 heavy (non-hydrogen) atoms. The lowest BCUT2D eigenvalue weighted by Gasteiger charge is -2.27. The van der Waals surface area contributed by atoms with Crippen LogP contribution in [0.1, 0.15) is 16.8 Å². The minimum atomic E-state index is 0.792. The quantitative estimate of drug-likeness (QED) is 0.644. The Balaban J connectivity index is 1.68. The first-order chi connectivity index (χ1) is 11.7. The molecule has 0 aliphatic carbocycles. The molecule has 0 radical (unpaired) electrons. The van der Waals surface area contributed by atoms with Crippen molar-refractivity contribution in [2.45, 2.75) is 13.5 Å². The highest BCUT2D eigenvalue weighted by Gasteiger charge is 2.13. The number of anilines is 1. The van der Waals surface area contributed by atoms with Crippen LogP contribution in [0.2, 0.25) is 0 Å². The highest BCUT2D eigenvalue weighted by atomic mass is 32.1. The molecule has 1 aliphatic heterocycles. The molecule has 1 aliphatic rings. The monoisotopic (exact) mass is 346 g/mol. The predicted octanol–water partition coefficient (Wildman–Crippen LogP) is 2.74. The van der Waals surface area contributed by atoms with E-state index in [-0.39, 0.29) is 0 Å². The summed E-state index contributed by atoms with van der Waals surface area (Å²) in [5.74, 6) is 0.905. The van der Waals surface area contributed by atoms with Crippen LogP contribution >= 0.6 is 11.3 Å². The molecule has 0 unspecified atom stereocenters. The summed E-state index contributed by atoms with van der Waals surface area (Å²) in [6.45, 7) is 6.31. The van der Waals surface area contributed by atoms with Crippen molar-refractivity contribution in [3.05, 3.63) is 40.4 Å². The number of ether oxygens (including phenoxy) is 2. The van der Waals surface area contributed by atoms with Crippen molar-refractivity contribution in [1.29, 1.82) is 0 Å². The van der Waals surface area contributed by atoms with Gasteiger partial charge in [-0.1, -0.05) is 0 Å². The van der Waals surface area contributed by atoms with Crippen LogP contribution in [0.4, 0.5) is 5.13 Å². The Morgan fingerprint density at radius 2 is 2.25 bits per heavy atom. The van der Waals surface area contributed by atoms with Crippen LogP contribution < -0.4 is 10.2 Å².